The molecule has 2 N–H and O–H groups in total. The second-order valence-electron chi connectivity index (χ2n) is 5.50. The zero-order chi connectivity index (χ0) is 16.4. The van der Waals surface area contributed by atoms with Crippen molar-refractivity contribution in [1.82, 2.24) is 20.1 Å². The number of piperidine rings is 1. The molecule has 0 radical (unpaired) electrons. The fourth-order valence-corrected chi connectivity index (χ4v) is 2.79. The van der Waals surface area contributed by atoms with Gasteiger partial charge in [-0.1, -0.05) is 17.7 Å². The average Bonchev–Trinajstić information content (AvgIpc) is 2.92. The topological polar surface area (TPSA) is 71.8 Å². The van der Waals surface area contributed by atoms with Crippen LogP contribution in [-0.4, -0.2) is 33.8 Å². The number of nitrogens with one attached hydrogen (secondary N) is 2. The van der Waals surface area contributed by atoms with Crippen LogP contribution in [0.15, 0.2) is 18.2 Å². The normalized spacial score (nSPS) is 15.6. The van der Waals surface area contributed by atoms with Crippen LogP contribution in [-0.2, 0) is 7.05 Å². The highest BCUT2D eigenvalue weighted by Gasteiger charge is 2.22. The van der Waals surface area contributed by atoms with Crippen molar-refractivity contribution in [2.24, 2.45) is 7.05 Å². The van der Waals surface area contributed by atoms with Crippen LogP contribution in [0.3, 0.4) is 0 Å². The summed E-state index contributed by atoms with van der Waals surface area (Å²) in [7, 11) is 1.70. The summed E-state index contributed by atoms with van der Waals surface area (Å²) in [5.74, 6) is -0.0699. The van der Waals surface area contributed by atoms with Crippen LogP contribution in [0.5, 0.6) is 0 Å². The molecule has 1 aliphatic heterocycles. The van der Waals surface area contributed by atoms with Crippen LogP contribution in [0.25, 0.3) is 0 Å². The van der Waals surface area contributed by atoms with Gasteiger partial charge in [0.1, 0.15) is 0 Å². The lowest BCUT2D eigenvalue weighted by molar-refractivity contribution is 0.102. The predicted octanol–water partition coefficient (Wildman–Crippen LogP) is 2.33. The standard InChI is InChI=1S/C15H17ClFN5O/c1-22-15(19-13(21-22)9-5-7-18-8-6-9)20-14(23)10-3-2-4-11(16)12(10)17/h2-4,9,18H,5-8H2,1H3,(H,19,20,21,23). The zero-order valence-corrected chi connectivity index (χ0v) is 13.4. The Kier molecular flexibility index (Phi) is 4.58. The third kappa shape index (κ3) is 3.35. The van der Waals surface area contributed by atoms with Crippen molar-refractivity contribution in [2.45, 2.75) is 18.8 Å². The molecule has 1 amide bonds. The maximum absolute atomic E-state index is 13.9. The largest absolute Gasteiger partial charge is 0.317 e. The van der Waals surface area contributed by atoms with E-state index in [1.807, 2.05) is 0 Å². The molecule has 23 heavy (non-hydrogen) atoms. The van der Waals surface area contributed by atoms with Crippen molar-refractivity contribution in [3.05, 3.63) is 40.4 Å². The number of rotatable bonds is 3. The van der Waals surface area contributed by atoms with E-state index in [1.165, 1.54) is 22.9 Å². The average molecular weight is 338 g/mol. The van der Waals surface area contributed by atoms with Gasteiger partial charge in [-0.2, -0.15) is 10.1 Å². The first kappa shape index (κ1) is 15.9. The molecule has 1 aromatic heterocycles. The van der Waals surface area contributed by atoms with Gasteiger partial charge in [-0.3, -0.25) is 10.1 Å². The molecular formula is C15H17ClFN5O. The van der Waals surface area contributed by atoms with Crippen molar-refractivity contribution < 1.29 is 9.18 Å². The molecule has 3 rings (SSSR count). The highest BCUT2D eigenvalue weighted by Crippen LogP contribution is 2.24. The van der Waals surface area contributed by atoms with E-state index in [0.29, 0.717) is 11.8 Å². The quantitative estimate of drug-likeness (QED) is 0.901. The van der Waals surface area contributed by atoms with Gasteiger partial charge < -0.3 is 5.32 Å². The summed E-state index contributed by atoms with van der Waals surface area (Å²) in [6, 6.07) is 4.29. The smallest absolute Gasteiger partial charge is 0.261 e. The first-order valence-electron chi connectivity index (χ1n) is 7.43. The lowest BCUT2D eigenvalue weighted by atomic mass is 9.98. The van der Waals surface area contributed by atoms with E-state index in [1.54, 1.807) is 7.05 Å². The van der Waals surface area contributed by atoms with Crippen LogP contribution in [0, 0.1) is 5.82 Å². The number of halogens is 2. The Balaban J connectivity index is 1.78. The van der Waals surface area contributed by atoms with E-state index in [-0.39, 0.29) is 16.5 Å². The molecule has 1 fully saturated rings. The number of carbonyl (C=O) groups is 1. The monoisotopic (exact) mass is 337 g/mol. The molecule has 1 aromatic carbocycles. The van der Waals surface area contributed by atoms with E-state index in [9.17, 15) is 9.18 Å². The molecule has 0 atom stereocenters. The van der Waals surface area contributed by atoms with E-state index in [2.05, 4.69) is 20.7 Å². The van der Waals surface area contributed by atoms with Gasteiger partial charge in [0, 0.05) is 13.0 Å². The second-order valence-corrected chi connectivity index (χ2v) is 5.90. The zero-order valence-electron chi connectivity index (χ0n) is 12.6. The van der Waals surface area contributed by atoms with Crippen LogP contribution in [0.1, 0.15) is 34.9 Å². The molecule has 2 aromatic rings. The minimum atomic E-state index is -0.743. The molecule has 8 heteroatoms. The summed E-state index contributed by atoms with van der Waals surface area (Å²) < 4.78 is 15.4. The number of hydrogen-bond acceptors (Lipinski definition) is 4. The lowest BCUT2D eigenvalue weighted by Crippen LogP contribution is -2.27. The number of nitrogens with zero attached hydrogens (tertiary/aromatic N) is 3. The number of carbonyl (C=O) groups excluding carboxylic acids is 1. The van der Waals surface area contributed by atoms with E-state index in [4.69, 9.17) is 11.6 Å². The van der Waals surface area contributed by atoms with Crippen LogP contribution >= 0.6 is 11.6 Å². The second kappa shape index (κ2) is 6.64. The Labute approximate surface area is 138 Å². The number of aryl methyl sites for hydroxylation is 1. The van der Waals surface area contributed by atoms with E-state index >= 15 is 0 Å². The third-order valence-corrected chi connectivity index (χ3v) is 4.20. The molecule has 0 aliphatic carbocycles. The number of hydrogen-bond donors (Lipinski definition) is 2. The fraction of sp³-hybridized carbons (Fsp3) is 0.400. The maximum atomic E-state index is 13.9. The molecular weight excluding hydrogens is 321 g/mol. The summed E-state index contributed by atoms with van der Waals surface area (Å²) in [5.41, 5.74) is -0.121. The summed E-state index contributed by atoms with van der Waals surface area (Å²) in [6.07, 6.45) is 1.92. The molecule has 0 unspecified atom stereocenters. The van der Waals surface area contributed by atoms with Crippen LogP contribution in [0.2, 0.25) is 5.02 Å². The van der Waals surface area contributed by atoms with Gasteiger partial charge >= 0.3 is 0 Å². The SMILES string of the molecule is Cn1nc(C2CCNCC2)nc1NC(=O)c1cccc(Cl)c1F. The van der Waals surface area contributed by atoms with Crippen molar-refractivity contribution in [1.29, 1.82) is 0 Å². The van der Waals surface area contributed by atoms with Gasteiger partial charge in [0.15, 0.2) is 11.6 Å². The van der Waals surface area contributed by atoms with Gasteiger partial charge in [0.2, 0.25) is 5.95 Å². The minimum Gasteiger partial charge on any atom is -0.317 e. The molecule has 1 aliphatic rings. The Morgan fingerprint density at radius 2 is 2.17 bits per heavy atom. The number of aromatic nitrogens is 3. The van der Waals surface area contributed by atoms with Crippen LogP contribution in [0.4, 0.5) is 10.3 Å². The van der Waals surface area contributed by atoms with Gasteiger partial charge in [-0.15, -0.1) is 0 Å². The highest BCUT2D eigenvalue weighted by atomic mass is 35.5. The number of anilines is 1. The van der Waals surface area contributed by atoms with Gasteiger partial charge in [-0.05, 0) is 38.1 Å². The van der Waals surface area contributed by atoms with Crippen molar-refractivity contribution in [2.75, 3.05) is 18.4 Å². The highest BCUT2D eigenvalue weighted by molar-refractivity contribution is 6.31. The molecule has 0 saturated carbocycles. The lowest BCUT2D eigenvalue weighted by Gasteiger charge is -2.19. The number of benzene rings is 1. The maximum Gasteiger partial charge on any atom is 0.261 e. The first-order valence-corrected chi connectivity index (χ1v) is 7.81. The van der Waals surface area contributed by atoms with Gasteiger partial charge in [0.25, 0.3) is 5.91 Å². The Morgan fingerprint density at radius 3 is 2.91 bits per heavy atom. The minimum absolute atomic E-state index is 0.0917. The third-order valence-electron chi connectivity index (χ3n) is 3.91. The summed E-state index contributed by atoms with van der Waals surface area (Å²) in [4.78, 5) is 16.6. The predicted molar refractivity (Wildman–Crippen MR) is 85.2 cm³/mol. The molecule has 0 bridgehead atoms. The van der Waals surface area contributed by atoms with E-state index < -0.39 is 11.7 Å². The summed E-state index contributed by atoms with van der Waals surface area (Å²) >= 11 is 5.70. The van der Waals surface area contributed by atoms with Crippen LogP contribution < -0.4 is 10.6 Å². The fourth-order valence-electron chi connectivity index (χ4n) is 2.61. The Morgan fingerprint density at radius 1 is 1.43 bits per heavy atom. The molecule has 1 saturated heterocycles. The molecule has 6 nitrogen and oxygen atoms in total. The first-order chi connectivity index (χ1) is 11.1. The van der Waals surface area contributed by atoms with Crippen molar-refractivity contribution >= 4 is 23.5 Å². The Bertz CT molecular complexity index is 727. The van der Waals surface area contributed by atoms with Crippen molar-refractivity contribution in [3.8, 4) is 0 Å². The van der Waals surface area contributed by atoms with E-state index in [0.717, 1.165) is 25.9 Å². The van der Waals surface area contributed by atoms with Crippen molar-refractivity contribution in [3.63, 3.8) is 0 Å². The number of amides is 1. The van der Waals surface area contributed by atoms with Gasteiger partial charge in [0.05, 0.1) is 10.6 Å². The summed E-state index contributed by atoms with van der Waals surface area (Å²) in [5, 5.41) is 10.1. The molecule has 0 spiro atoms. The molecule has 2 heterocycles. The molecule has 122 valence electrons. The van der Waals surface area contributed by atoms with Gasteiger partial charge in [-0.25, -0.2) is 9.07 Å². The Hall–Kier alpha value is -1.99. The summed E-state index contributed by atoms with van der Waals surface area (Å²) in [6.45, 7) is 1.86.